The summed E-state index contributed by atoms with van der Waals surface area (Å²) < 4.78 is 5.72. The molecule has 1 N–H and O–H groups in total. The Morgan fingerprint density at radius 3 is 2.50 bits per heavy atom. The van der Waals surface area contributed by atoms with Crippen molar-refractivity contribution in [2.75, 3.05) is 0 Å². The third kappa shape index (κ3) is 2.56. The molecule has 0 amide bonds. The van der Waals surface area contributed by atoms with Gasteiger partial charge in [-0.05, 0) is 49.5 Å². The maximum atomic E-state index is 12.4. The molecule has 3 rings (SSSR count). The molecule has 0 bridgehead atoms. The summed E-state index contributed by atoms with van der Waals surface area (Å²) in [6.07, 6.45) is 1.11. The smallest absolute Gasteiger partial charge is 0.313 e. The minimum absolute atomic E-state index is 0.242. The van der Waals surface area contributed by atoms with E-state index in [1.807, 2.05) is 44.2 Å². The van der Waals surface area contributed by atoms with E-state index in [4.69, 9.17) is 4.74 Å². The van der Waals surface area contributed by atoms with Crippen LogP contribution in [-0.4, -0.2) is 22.8 Å². The Labute approximate surface area is 132 Å². The summed E-state index contributed by atoms with van der Waals surface area (Å²) in [4.78, 5) is 12.4. The van der Waals surface area contributed by atoms with Crippen LogP contribution in [0.3, 0.4) is 0 Å². The Bertz CT molecular complexity index is 561. The van der Waals surface area contributed by atoms with Gasteiger partial charge in [0.2, 0.25) is 0 Å². The van der Waals surface area contributed by atoms with Crippen LogP contribution in [0.4, 0.5) is 0 Å². The number of hydrogen-bond donors (Lipinski definition) is 1. The van der Waals surface area contributed by atoms with Crippen LogP contribution in [0.5, 0.6) is 0 Å². The molecule has 0 aliphatic heterocycles. The molecule has 2 aliphatic carbocycles. The van der Waals surface area contributed by atoms with E-state index in [2.05, 4.69) is 13.8 Å². The van der Waals surface area contributed by atoms with Crippen LogP contribution in [0.2, 0.25) is 0 Å². The molecule has 1 aromatic rings. The lowest BCUT2D eigenvalue weighted by atomic mass is 9.83. The van der Waals surface area contributed by atoms with E-state index in [9.17, 15) is 9.90 Å². The molecule has 1 aromatic carbocycles. The minimum Gasteiger partial charge on any atom is -0.459 e. The number of carbonyl (C=O) groups excluding carboxylic acids is 1. The quantitative estimate of drug-likeness (QED) is 0.869. The lowest BCUT2D eigenvalue weighted by Gasteiger charge is -2.36. The Hall–Kier alpha value is -1.35. The van der Waals surface area contributed by atoms with Crippen LogP contribution in [0.25, 0.3) is 0 Å². The summed E-state index contributed by atoms with van der Waals surface area (Å²) in [6, 6.07) is 9.65. The zero-order valence-corrected chi connectivity index (χ0v) is 13.9. The van der Waals surface area contributed by atoms with Gasteiger partial charge in [0.25, 0.3) is 0 Å². The van der Waals surface area contributed by atoms with Gasteiger partial charge in [-0.25, -0.2) is 0 Å². The molecule has 2 unspecified atom stereocenters. The Kier molecular flexibility index (Phi) is 3.59. The van der Waals surface area contributed by atoms with Gasteiger partial charge >= 0.3 is 5.97 Å². The van der Waals surface area contributed by atoms with Crippen LogP contribution in [-0.2, 0) is 9.53 Å². The highest BCUT2D eigenvalue weighted by molar-refractivity contribution is 5.77. The Morgan fingerprint density at radius 1 is 1.23 bits per heavy atom. The molecule has 2 aliphatic rings. The fourth-order valence-corrected chi connectivity index (χ4v) is 4.09. The highest BCUT2D eigenvalue weighted by Gasteiger charge is 2.64. The standard InChI is InChI=1S/C19H26O3/c1-12(13-8-6-5-7-9-13)17(20)22-16-10-14-15(18(14,2)3)11-19(16,4)21/h5-9,12,14-16,21H,10-11H2,1-4H3/t12-,14?,15-,16?,19-/m1/s1. The first-order valence-corrected chi connectivity index (χ1v) is 8.21. The first-order chi connectivity index (χ1) is 10.2. The Morgan fingerprint density at radius 2 is 1.86 bits per heavy atom. The maximum Gasteiger partial charge on any atom is 0.313 e. The highest BCUT2D eigenvalue weighted by atomic mass is 16.6. The summed E-state index contributed by atoms with van der Waals surface area (Å²) in [6.45, 7) is 8.16. The Balaban J connectivity index is 1.68. The number of ether oxygens (including phenoxy) is 1. The van der Waals surface area contributed by atoms with Gasteiger partial charge in [-0.15, -0.1) is 0 Å². The summed E-state index contributed by atoms with van der Waals surface area (Å²) in [7, 11) is 0. The summed E-state index contributed by atoms with van der Waals surface area (Å²) in [5.74, 6) is 0.580. The van der Waals surface area contributed by atoms with E-state index in [0.29, 0.717) is 11.8 Å². The van der Waals surface area contributed by atoms with Gasteiger partial charge in [-0.3, -0.25) is 4.79 Å². The van der Waals surface area contributed by atoms with Gasteiger partial charge in [-0.2, -0.15) is 0 Å². The van der Waals surface area contributed by atoms with E-state index in [1.54, 1.807) is 0 Å². The summed E-state index contributed by atoms with van der Waals surface area (Å²) in [5.41, 5.74) is 0.310. The fourth-order valence-electron chi connectivity index (χ4n) is 4.09. The van der Waals surface area contributed by atoms with E-state index < -0.39 is 11.7 Å². The molecule has 0 saturated heterocycles. The monoisotopic (exact) mass is 302 g/mol. The van der Waals surface area contributed by atoms with Crippen molar-refractivity contribution in [1.82, 2.24) is 0 Å². The average molecular weight is 302 g/mol. The molecule has 0 radical (unpaired) electrons. The first-order valence-electron chi connectivity index (χ1n) is 8.21. The van der Waals surface area contributed by atoms with E-state index in [0.717, 1.165) is 18.4 Å². The molecule has 0 aromatic heterocycles. The predicted molar refractivity (Wildman–Crippen MR) is 85.4 cm³/mol. The van der Waals surface area contributed by atoms with Crippen LogP contribution in [0.1, 0.15) is 52.0 Å². The molecule has 22 heavy (non-hydrogen) atoms. The molecule has 0 heterocycles. The van der Waals surface area contributed by atoms with Crippen molar-refractivity contribution in [1.29, 1.82) is 0 Å². The second kappa shape index (κ2) is 5.09. The molecular formula is C19H26O3. The van der Waals surface area contributed by atoms with Crippen LogP contribution in [0.15, 0.2) is 30.3 Å². The largest absolute Gasteiger partial charge is 0.459 e. The number of esters is 1. The molecule has 3 nitrogen and oxygen atoms in total. The van der Waals surface area contributed by atoms with E-state index >= 15 is 0 Å². The van der Waals surface area contributed by atoms with Crippen molar-refractivity contribution in [2.45, 2.75) is 58.2 Å². The van der Waals surface area contributed by atoms with Gasteiger partial charge in [0, 0.05) is 0 Å². The predicted octanol–water partition coefficient (Wildman–Crippen LogP) is 3.52. The number of benzene rings is 1. The molecule has 2 saturated carbocycles. The third-order valence-electron chi connectivity index (χ3n) is 5.99. The van der Waals surface area contributed by atoms with Crippen molar-refractivity contribution >= 4 is 5.97 Å². The van der Waals surface area contributed by atoms with Crippen LogP contribution in [0, 0.1) is 17.3 Å². The van der Waals surface area contributed by atoms with Gasteiger partial charge in [0.1, 0.15) is 6.10 Å². The molecule has 3 heteroatoms. The van der Waals surface area contributed by atoms with Crippen molar-refractivity contribution in [3.8, 4) is 0 Å². The molecule has 5 atom stereocenters. The van der Waals surface area contributed by atoms with Crippen molar-refractivity contribution in [2.24, 2.45) is 17.3 Å². The lowest BCUT2D eigenvalue weighted by molar-refractivity contribution is -0.170. The average Bonchev–Trinajstić information content (AvgIpc) is 2.98. The zero-order valence-electron chi connectivity index (χ0n) is 13.9. The van der Waals surface area contributed by atoms with Crippen molar-refractivity contribution < 1.29 is 14.6 Å². The number of aliphatic hydroxyl groups is 1. The van der Waals surface area contributed by atoms with Crippen molar-refractivity contribution in [3.05, 3.63) is 35.9 Å². The van der Waals surface area contributed by atoms with Gasteiger partial charge in [-0.1, -0.05) is 44.2 Å². The second-order valence-corrected chi connectivity index (χ2v) is 7.89. The van der Waals surface area contributed by atoms with Crippen molar-refractivity contribution in [3.63, 3.8) is 0 Å². The van der Waals surface area contributed by atoms with E-state index in [1.165, 1.54) is 0 Å². The van der Waals surface area contributed by atoms with Gasteiger partial charge in [0.15, 0.2) is 0 Å². The molecule has 2 fully saturated rings. The number of fused-ring (bicyclic) bond motifs is 1. The second-order valence-electron chi connectivity index (χ2n) is 7.89. The maximum absolute atomic E-state index is 12.4. The SMILES string of the molecule is C[C@@H](C(=O)OC1CC2[C@@H](C[C@@]1(C)O)C2(C)C)c1ccccc1. The fraction of sp³-hybridized carbons (Fsp3) is 0.632. The number of rotatable bonds is 3. The third-order valence-corrected chi connectivity index (χ3v) is 5.99. The number of hydrogen-bond acceptors (Lipinski definition) is 3. The minimum atomic E-state index is -0.916. The topological polar surface area (TPSA) is 46.5 Å². The van der Waals surface area contributed by atoms with E-state index in [-0.39, 0.29) is 17.3 Å². The van der Waals surface area contributed by atoms with Crippen LogP contribution < -0.4 is 0 Å². The summed E-state index contributed by atoms with van der Waals surface area (Å²) in [5, 5.41) is 10.7. The van der Waals surface area contributed by atoms with Gasteiger partial charge in [0.05, 0.1) is 11.5 Å². The zero-order chi connectivity index (χ0) is 16.1. The number of carbonyl (C=O) groups is 1. The molecular weight excluding hydrogens is 276 g/mol. The lowest BCUT2D eigenvalue weighted by Crippen LogP contribution is -2.46. The molecule has 0 spiro atoms. The first kappa shape index (κ1) is 15.5. The van der Waals surface area contributed by atoms with Crippen LogP contribution >= 0.6 is 0 Å². The summed E-state index contributed by atoms with van der Waals surface area (Å²) >= 11 is 0. The van der Waals surface area contributed by atoms with Gasteiger partial charge < -0.3 is 9.84 Å². The normalized spacial score (nSPS) is 37.0. The molecule has 120 valence electrons. The highest BCUT2D eigenvalue weighted by Crippen LogP contribution is 2.66.